The Kier molecular flexibility index (Phi) is 5.81. The Bertz CT molecular complexity index is 740. The van der Waals surface area contributed by atoms with Crippen molar-refractivity contribution in [3.63, 3.8) is 0 Å². The fourth-order valence-corrected chi connectivity index (χ4v) is 3.53. The van der Waals surface area contributed by atoms with E-state index in [9.17, 15) is 9.59 Å². The number of aromatic nitrogens is 1. The van der Waals surface area contributed by atoms with E-state index in [0.717, 1.165) is 9.10 Å². The van der Waals surface area contributed by atoms with Gasteiger partial charge in [0.15, 0.2) is 10.9 Å². The predicted octanol–water partition coefficient (Wildman–Crippen LogP) is 3.32. The zero-order valence-corrected chi connectivity index (χ0v) is 15.0. The Balaban J connectivity index is 2.01. The number of nitrogens with zero attached hydrogens (tertiary/aromatic N) is 1. The first-order valence-corrected chi connectivity index (χ1v) is 8.51. The summed E-state index contributed by atoms with van der Waals surface area (Å²) in [4.78, 5) is 28.2. The van der Waals surface area contributed by atoms with Crippen molar-refractivity contribution in [3.8, 4) is 0 Å². The summed E-state index contributed by atoms with van der Waals surface area (Å²) in [6.45, 7) is 3.15. The number of esters is 1. The Labute approximate surface area is 147 Å². The highest BCUT2D eigenvalue weighted by Crippen LogP contribution is 2.34. The van der Waals surface area contributed by atoms with Crippen molar-refractivity contribution in [1.82, 2.24) is 4.98 Å². The molecule has 1 aromatic carbocycles. The van der Waals surface area contributed by atoms with Crippen LogP contribution >= 0.6 is 23.1 Å². The van der Waals surface area contributed by atoms with E-state index in [0.29, 0.717) is 10.7 Å². The van der Waals surface area contributed by atoms with Crippen LogP contribution in [-0.2, 0) is 9.47 Å². The normalized spacial score (nSPS) is 11.0. The van der Waals surface area contributed by atoms with Gasteiger partial charge in [-0.1, -0.05) is 29.2 Å². The molecule has 128 valence electrons. The van der Waals surface area contributed by atoms with E-state index in [1.807, 2.05) is 6.07 Å². The van der Waals surface area contributed by atoms with Crippen LogP contribution in [-0.4, -0.2) is 29.9 Å². The third kappa shape index (κ3) is 5.52. The molecule has 1 aromatic heterocycles. The van der Waals surface area contributed by atoms with Crippen molar-refractivity contribution in [3.05, 3.63) is 36.0 Å². The van der Waals surface area contributed by atoms with Crippen LogP contribution in [0, 0.1) is 0 Å². The summed E-state index contributed by atoms with van der Waals surface area (Å²) in [5, 5.41) is 2.92. The number of hydrogen-bond donors (Lipinski definition) is 2. The SMILES string of the molecule is COC(=O)c1cccc(Sc2cnc(NC(=O)OC(C)(C)N)s2)c1. The molecule has 9 heteroatoms. The van der Waals surface area contributed by atoms with Gasteiger partial charge in [-0.2, -0.15) is 0 Å². The standard InChI is InChI=1S/C15H17N3O4S2/c1-15(2,16)22-14(20)18-13-17-8-11(24-13)23-10-6-4-5-9(7-10)12(19)21-3/h4-8H,16H2,1-3H3,(H,17,18,20). The van der Waals surface area contributed by atoms with Crippen molar-refractivity contribution < 1.29 is 19.1 Å². The number of methoxy groups -OCH3 is 1. The van der Waals surface area contributed by atoms with Crippen LogP contribution in [0.15, 0.2) is 39.6 Å². The second-order valence-corrected chi connectivity index (χ2v) is 7.63. The van der Waals surface area contributed by atoms with Gasteiger partial charge in [0.05, 0.1) is 23.1 Å². The van der Waals surface area contributed by atoms with Gasteiger partial charge in [-0.3, -0.25) is 11.1 Å². The van der Waals surface area contributed by atoms with Gasteiger partial charge in [0, 0.05) is 4.90 Å². The molecule has 2 rings (SSSR count). The minimum Gasteiger partial charge on any atom is -0.465 e. The Morgan fingerprint density at radius 1 is 1.38 bits per heavy atom. The van der Waals surface area contributed by atoms with Gasteiger partial charge in [-0.15, -0.1) is 0 Å². The van der Waals surface area contributed by atoms with Crippen molar-refractivity contribution >= 4 is 40.3 Å². The zero-order valence-electron chi connectivity index (χ0n) is 13.4. The van der Waals surface area contributed by atoms with E-state index in [1.54, 1.807) is 38.2 Å². The van der Waals surface area contributed by atoms with E-state index >= 15 is 0 Å². The van der Waals surface area contributed by atoms with Crippen LogP contribution < -0.4 is 11.1 Å². The highest BCUT2D eigenvalue weighted by molar-refractivity contribution is 8.01. The van der Waals surface area contributed by atoms with E-state index in [1.165, 1.54) is 30.2 Å². The molecule has 0 aliphatic heterocycles. The van der Waals surface area contributed by atoms with Gasteiger partial charge in [0.1, 0.15) is 0 Å². The molecule has 3 N–H and O–H groups in total. The maximum Gasteiger partial charge on any atom is 0.415 e. The lowest BCUT2D eigenvalue weighted by molar-refractivity contribution is 0.0541. The quantitative estimate of drug-likeness (QED) is 0.617. The maximum atomic E-state index is 11.6. The number of anilines is 1. The monoisotopic (exact) mass is 367 g/mol. The number of ether oxygens (including phenoxy) is 2. The lowest BCUT2D eigenvalue weighted by Crippen LogP contribution is -2.39. The van der Waals surface area contributed by atoms with Crippen LogP contribution in [0.4, 0.5) is 9.93 Å². The molecule has 1 heterocycles. The predicted molar refractivity (Wildman–Crippen MR) is 92.4 cm³/mol. The zero-order chi connectivity index (χ0) is 17.7. The molecule has 0 saturated carbocycles. The topological polar surface area (TPSA) is 104 Å². The van der Waals surface area contributed by atoms with Crippen LogP contribution in [0.2, 0.25) is 0 Å². The van der Waals surface area contributed by atoms with Gasteiger partial charge in [0.25, 0.3) is 0 Å². The highest BCUT2D eigenvalue weighted by atomic mass is 32.2. The van der Waals surface area contributed by atoms with Crippen molar-refractivity contribution in [1.29, 1.82) is 0 Å². The molecule has 7 nitrogen and oxygen atoms in total. The third-order valence-electron chi connectivity index (χ3n) is 2.52. The summed E-state index contributed by atoms with van der Waals surface area (Å²) < 4.78 is 10.5. The number of thiazole rings is 1. The third-order valence-corrected chi connectivity index (χ3v) is 4.53. The number of rotatable bonds is 5. The Hall–Kier alpha value is -2.10. The number of amides is 1. The number of carbonyl (C=O) groups is 2. The first kappa shape index (κ1) is 18.2. The van der Waals surface area contributed by atoms with E-state index in [2.05, 4.69) is 10.3 Å². The summed E-state index contributed by atoms with van der Waals surface area (Å²) in [6.07, 6.45) is 0.963. The molecule has 0 unspecified atom stereocenters. The van der Waals surface area contributed by atoms with Gasteiger partial charge in [0.2, 0.25) is 0 Å². The fourth-order valence-electron chi connectivity index (χ4n) is 1.64. The first-order valence-electron chi connectivity index (χ1n) is 6.88. The minimum absolute atomic E-state index is 0.392. The average Bonchev–Trinajstić information content (AvgIpc) is 2.91. The van der Waals surface area contributed by atoms with E-state index in [-0.39, 0.29) is 0 Å². The molecule has 0 aliphatic rings. The molecule has 24 heavy (non-hydrogen) atoms. The molecule has 0 saturated heterocycles. The Morgan fingerprint density at radius 2 is 2.12 bits per heavy atom. The number of nitrogens with two attached hydrogens (primary N) is 1. The molecular formula is C15H17N3O4S2. The van der Waals surface area contributed by atoms with Crippen LogP contribution in [0.25, 0.3) is 0 Å². The number of benzene rings is 1. The molecule has 0 spiro atoms. The molecule has 1 amide bonds. The van der Waals surface area contributed by atoms with E-state index in [4.69, 9.17) is 15.2 Å². The maximum absolute atomic E-state index is 11.6. The van der Waals surface area contributed by atoms with Gasteiger partial charge in [-0.25, -0.2) is 14.6 Å². The summed E-state index contributed by atoms with van der Waals surface area (Å²) >= 11 is 2.71. The first-order chi connectivity index (χ1) is 11.3. The molecule has 0 fully saturated rings. The number of nitrogens with one attached hydrogen (secondary N) is 1. The molecule has 0 aliphatic carbocycles. The van der Waals surface area contributed by atoms with Gasteiger partial charge in [-0.05, 0) is 32.0 Å². The van der Waals surface area contributed by atoms with Crippen LogP contribution in [0.3, 0.4) is 0 Å². The molecular weight excluding hydrogens is 350 g/mol. The summed E-state index contributed by atoms with van der Waals surface area (Å²) in [5.74, 6) is -0.392. The molecule has 0 bridgehead atoms. The van der Waals surface area contributed by atoms with Crippen LogP contribution in [0.1, 0.15) is 24.2 Å². The summed E-state index contributed by atoms with van der Waals surface area (Å²) in [6, 6.07) is 7.05. The Morgan fingerprint density at radius 3 is 2.79 bits per heavy atom. The minimum atomic E-state index is -1.06. The summed E-state index contributed by atoms with van der Waals surface area (Å²) in [7, 11) is 1.34. The molecule has 0 radical (unpaired) electrons. The highest BCUT2D eigenvalue weighted by Gasteiger charge is 2.18. The van der Waals surface area contributed by atoms with Crippen LogP contribution in [0.5, 0.6) is 0 Å². The van der Waals surface area contributed by atoms with Crippen molar-refractivity contribution in [2.75, 3.05) is 12.4 Å². The van der Waals surface area contributed by atoms with Gasteiger partial charge < -0.3 is 9.47 Å². The van der Waals surface area contributed by atoms with Crippen molar-refractivity contribution in [2.24, 2.45) is 5.73 Å². The average molecular weight is 367 g/mol. The number of hydrogen-bond acceptors (Lipinski definition) is 8. The number of carbonyl (C=O) groups excluding carboxylic acids is 2. The molecule has 2 aromatic rings. The lowest BCUT2D eigenvalue weighted by Gasteiger charge is -2.18. The van der Waals surface area contributed by atoms with Gasteiger partial charge >= 0.3 is 12.1 Å². The van der Waals surface area contributed by atoms with E-state index < -0.39 is 17.8 Å². The lowest BCUT2D eigenvalue weighted by atomic mass is 10.2. The summed E-state index contributed by atoms with van der Waals surface area (Å²) in [5.41, 5.74) is 5.01. The molecule has 0 atom stereocenters. The van der Waals surface area contributed by atoms with Crippen molar-refractivity contribution in [2.45, 2.75) is 28.7 Å². The second kappa shape index (κ2) is 7.65. The fraction of sp³-hybridized carbons (Fsp3) is 0.267. The second-order valence-electron chi connectivity index (χ2n) is 5.22. The smallest absolute Gasteiger partial charge is 0.415 e. The largest absolute Gasteiger partial charge is 0.465 e.